The van der Waals surface area contributed by atoms with Gasteiger partial charge in [-0.05, 0) is 30.7 Å². The van der Waals surface area contributed by atoms with E-state index < -0.39 is 0 Å². The molecule has 0 aromatic heterocycles. The van der Waals surface area contributed by atoms with Crippen LogP contribution in [-0.2, 0) is 9.53 Å². The van der Waals surface area contributed by atoms with Gasteiger partial charge in [-0.1, -0.05) is 11.6 Å². The minimum absolute atomic E-state index is 0.220. The number of carbonyl (C=O) groups excluding carboxylic acids is 1. The lowest BCUT2D eigenvalue weighted by Crippen LogP contribution is -2.24. The van der Waals surface area contributed by atoms with E-state index in [0.717, 1.165) is 0 Å². The molecule has 0 saturated carbocycles. The van der Waals surface area contributed by atoms with Crippen molar-refractivity contribution in [2.75, 3.05) is 19.7 Å². The molecule has 2 unspecified atom stereocenters. The van der Waals surface area contributed by atoms with Gasteiger partial charge in [0.2, 0.25) is 0 Å². The normalized spacial score (nSPS) is 23.1. The highest BCUT2D eigenvalue weighted by Crippen LogP contribution is 2.32. The largest absolute Gasteiger partial charge is 0.466 e. The highest BCUT2D eigenvalue weighted by Gasteiger charge is 2.36. The first-order valence-corrected chi connectivity index (χ1v) is 6.33. The molecule has 1 fully saturated rings. The Morgan fingerprint density at radius 3 is 3.06 bits per heavy atom. The molecule has 3 nitrogen and oxygen atoms in total. The molecular weight excluding hydrogens is 257 g/mol. The van der Waals surface area contributed by atoms with Crippen molar-refractivity contribution in [3.8, 4) is 0 Å². The third kappa shape index (κ3) is 2.65. The van der Waals surface area contributed by atoms with Gasteiger partial charge >= 0.3 is 5.97 Å². The summed E-state index contributed by atoms with van der Waals surface area (Å²) >= 11 is 5.88. The summed E-state index contributed by atoms with van der Waals surface area (Å²) in [6.45, 7) is 3.16. The Hall–Kier alpha value is -1.13. The molecule has 98 valence electrons. The number of esters is 1. The fourth-order valence-electron chi connectivity index (χ4n) is 2.30. The Bertz CT molecular complexity index is 453. The van der Waals surface area contributed by atoms with Crippen molar-refractivity contribution in [1.29, 1.82) is 0 Å². The van der Waals surface area contributed by atoms with Gasteiger partial charge in [0, 0.05) is 24.0 Å². The SMILES string of the molecule is CCOC(=O)C1CNCC1c1cc(Cl)ccc1F. The lowest BCUT2D eigenvalue weighted by molar-refractivity contribution is -0.147. The summed E-state index contributed by atoms with van der Waals surface area (Å²) in [6.07, 6.45) is 0. The maximum Gasteiger partial charge on any atom is 0.310 e. The molecule has 1 heterocycles. The number of ether oxygens (including phenoxy) is 1. The summed E-state index contributed by atoms with van der Waals surface area (Å²) in [5.74, 6) is -1.19. The molecule has 2 atom stereocenters. The van der Waals surface area contributed by atoms with Gasteiger partial charge in [0.1, 0.15) is 5.82 Å². The van der Waals surface area contributed by atoms with Crippen LogP contribution in [0.4, 0.5) is 4.39 Å². The van der Waals surface area contributed by atoms with Gasteiger partial charge in [0.15, 0.2) is 0 Å². The van der Waals surface area contributed by atoms with E-state index in [0.29, 0.717) is 30.3 Å². The second-order valence-electron chi connectivity index (χ2n) is 4.29. The van der Waals surface area contributed by atoms with Crippen LogP contribution in [0.25, 0.3) is 0 Å². The van der Waals surface area contributed by atoms with E-state index in [9.17, 15) is 9.18 Å². The number of nitrogens with one attached hydrogen (secondary N) is 1. The van der Waals surface area contributed by atoms with Crippen LogP contribution < -0.4 is 5.32 Å². The number of hydrogen-bond acceptors (Lipinski definition) is 3. The molecular formula is C13H15ClFNO2. The van der Waals surface area contributed by atoms with Gasteiger partial charge in [0.05, 0.1) is 12.5 Å². The lowest BCUT2D eigenvalue weighted by Gasteiger charge is -2.18. The summed E-state index contributed by atoms with van der Waals surface area (Å²) in [5.41, 5.74) is 0.477. The van der Waals surface area contributed by atoms with Crippen molar-refractivity contribution in [2.45, 2.75) is 12.8 Å². The van der Waals surface area contributed by atoms with Crippen molar-refractivity contribution in [3.63, 3.8) is 0 Å². The summed E-state index contributed by atoms with van der Waals surface area (Å²) in [7, 11) is 0. The summed E-state index contributed by atoms with van der Waals surface area (Å²) in [5, 5.41) is 3.57. The van der Waals surface area contributed by atoms with E-state index in [2.05, 4.69) is 5.32 Å². The van der Waals surface area contributed by atoms with Crippen LogP contribution >= 0.6 is 11.6 Å². The van der Waals surface area contributed by atoms with Gasteiger partial charge in [-0.25, -0.2) is 4.39 Å². The van der Waals surface area contributed by atoms with Gasteiger partial charge in [-0.2, -0.15) is 0 Å². The monoisotopic (exact) mass is 271 g/mol. The van der Waals surface area contributed by atoms with Gasteiger partial charge < -0.3 is 10.1 Å². The van der Waals surface area contributed by atoms with Crippen LogP contribution in [0.5, 0.6) is 0 Å². The molecule has 1 aliphatic rings. The van der Waals surface area contributed by atoms with Crippen LogP contribution in [0.2, 0.25) is 5.02 Å². The molecule has 1 aromatic rings. The number of rotatable bonds is 3. The zero-order valence-electron chi connectivity index (χ0n) is 10.1. The Kier molecular flexibility index (Phi) is 4.19. The van der Waals surface area contributed by atoms with Crippen molar-refractivity contribution in [3.05, 3.63) is 34.6 Å². The topological polar surface area (TPSA) is 38.3 Å². The third-order valence-electron chi connectivity index (χ3n) is 3.16. The maximum atomic E-state index is 13.8. The first-order valence-electron chi connectivity index (χ1n) is 5.95. The molecule has 1 saturated heterocycles. The molecule has 0 bridgehead atoms. The minimum Gasteiger partial charge on any atom is -0.466 e. The van der Waals surface area contributed by atoms with Gasteiger partial charge in [-0.3, -0.25) is 4.79 Å². The fraction of sp³-hybridized carbons (Fsp3) is 0.462. The highest BCUT2D eigenvalue weighted by atomic mass is 35.5. The van der Waals surface area contributed by atoms with Crippen LogP contribution in [0.15, 0.2) is 18.2 Å². The molecule has 1 aliphatic heterocycles. The van der Waals surface area contributed by atoms with Crippen molar-refractivity contribution < 1.29 is 13.9 Å². The third-order valence-corrected chi connectivity index (χ3v) is 3.40. The van der Waals surface area contributed by atoms with Crippen LogP contribution in [0, 0.1) is 11.7 Å². The molecule has 2 rings (SSSR count). The quantitative estimate of drug-likeness (QED) is 0.858. The standard InChI is InChI=1S/C13H15ClFNO2/c1-2-18-13(17)11-7-16-6-10(11)9-5-8(14)3-4-12(9)15/h3-5,10-11,16H,2,6-7H2,1H3. The number of benzene rings is 1. The second kappa shape index (κ2) is 5.67. The van der Waals surface area contributed by atoms with Gasteiger partial charge in [0.25, 0.3) is 0 Å². The Labute approximate surface area is 110 Å². The molecule has 5 heteroatoms. The van der Waals surface area contributed by atoms with Crippen LogP contribution in [-0.4, -0.2) is 25.7 Å². The Morgan fingerprint density at radius 2 is 2.33 bits per heavy atom. The lowest BCUT2D eigenvalue weighted by atomic mass is 9.88. The summed E-state index contributed by atoms with van der Waals surface area (Å²) in [6, 6.07) is 4.42. The van der Waals surface area contributed by atoms with Crippen molar-refractivity contribution in [2.24, 2.45) is 5.92 Å². The minimum atomic E-state index is -0.349. The number of halogens is 2. The van der Waals surface area contributed by atoms with E-state index in [-0.39, 0.29) is 23.6 Å². The number of hydrogen-bond donors (Lipinski definition) is 1. The Morgan fingerprint density at radius 1 is 1.56 bits per heavy atom. The molecule has 0 amide bonds. The zero-order chi connectivity index (χ0) is 13.1. The maximum absolute atomic E-state index is 13.8. The zero-order valence-corrected chi connectivity index (χ0v) is 10.8. The molecule has 1 N–H and O–H groups in total. The van der Waals surface area contributed by atoms with E-state index in [1.807, 2.05) is 0 Å². The molecule has 0 radical (unpaired) electrons. The fourth-order valence-corrected chi connectivity index (χ4v) is 2.48. The molecule has 0 aliphatic carbocycles. The van der Waals surface area contributed by atoms with Crippen molar-refractivity contribution in [1.82, 2.24) is 5.32 Å². The predicted octanol–water partition coefficient (Wildman–Crippen LogP) is 2.35. The van der Waals surface area contributed by atoms with Crippen LogP contribution in [0.1, 0.15) is 18.4 Å². The first kappa shape index (κ1) is 13.3. The first-order chi connectivity index (χ1) is 8.63. The highest BCUT2D eigenvalue weighted by molar-refractivity contribution is 6.30. The number of carbonyl (C=O) groups is 1. The smallest absolute Gasteiger partial charge is 0.310 e. The van der Waals surface area contributed by atoms with Crippen LogP contribution in [0.3, 0.4) is 0 Å². The average Bonchev–Trinajstić information content (AvgIpc) is 2.81. The molecule has 18 heavy (non-hydrogen) atoms. The van der Waals surface area contributed by atoms with E-state index >= 15 is 0 Å². The molecule has 1 aromatic carbocycles. The molecule has 0 spiro atoms. The Balaban J connectivity index is 2.25. The summed E-state index contributed by atoms with van der Waals surface area (Å²) < 4.78 is 18.8. The average molecular weight is 272 g/mol. The van der Waals surface area contributed by atoms with E-state index in [1.54, 1.807) is 13.0 Å². The van der Waals surface area contributed by atoms with E-state index in [1.165, 1.54) is 12.1 Å². The summed E-state index contributed by atoms with van der Waals surface area (Å²) in [4.78, 5) is 11.8. The van der Waals surface area contributed by atoms with Crippen molar-refractivity contribution >= 4 is 17.6 Å². The predicted molar refractivity (Wildman–Crippen MR) is 67.1 cm³/mol. The second-order valence-corrected chi connectivity index (χ2v) is 4.73. The van der Waals surface area contributed by atoms with Gasteiger partial charge in [-0.15, -0.1) is 0 Å². The van der Waals surface area contributed by atoms with E-state index in [4.69, 9.17) is 16.3 Å².